The van der Waals surface area contributed by atoms with Gasteiger partial charge in [-0.15, -0.1) is 0 Å². The van der Waals surface area contributed by atoms with Gasteiger partial charge in [0.25, 0.3) is 0 Å². The van der Waals surface area contributed by atoms with Crippen LogP contribution in [0.1, 0.15) is 25.0 Å². The second kappa shape index (κ2) is 10.1. The zero-order valence-electron chi connectivity index (χ0n) is 27.3. The lowest BCUT2D eigenvalue weighted by molar-refractivity contribution is 0.661. The van der Waals surface area contributed by atoms with Crippen LogP contribution in [0.3, 0.4) is 0 Å². The van der Waals surface area contributed by atoms with Gasteiger partial charge in [0.05, 0.1) is 28.6 Å². The summed E-state index contributed by atoms with van der Waals surface area (Å²) in [4.78, 5) is 3.80. The summed E-state index contributed by atoms with van der Waals surface area (Å²) in [6, 6.07) is 54.7. The van der Waals surface area contributed by atoms with Crippen molar-refractivity contribution in [2.45, 2.75) is 19.3 Å². The average molecular weight is 626 g/mol. The van der Waals surface area contributed by atoms with E-state index in [0.717, 1.165) is 33.4 Å². The van der Waals surface area contributed by atoms with E-state index >= 15 is 0 Å². The molecular formula is C46H31N3. The van der Waals surface area contributed by atoms with Crippen molar-refractivity contribution in [2.24, 2.45) is 0 Å². The summed E-state index contributed by atoms with van der Waals surface area (Å²) in [5.41, 5.74) is 15.1. The van der Waals surface area contributed by atoms with Crippen LogP contribution in [0.15, 0.2) is 152 Å². The van der Waals surface area contributed by atoms with Gasteiger partial charge in [0, 0.05) is 38.5 Å². The smallest absolute Gasteiger partial charge is 0.188 e. The predicted octanol–water partition coefficient (Wildman–Crippen LogP) is 12.4. The van der Waals surface area contributed by atoms with E-state index in [1.807, 2.05) is 6.07 Å². The van der Waals surface area contributed by atoms with Crippen molar-refractivity contribution in [3.05, 3.63) is 174 Å². The number of aromatic nitrogens is 2. The lowest BCUT2D eigenvalue weighted by Crippen LogP contribution is -2.14. The molecule has 230 valence electrons. The van der Waals surface area contributed by atoms with E-state index in [1.165, 1.54) is 55.0 Å². The number of hydrogen-bond acceptors (Lipinski definition) is 0. The molecule has 0 atom stereocenters. The molecule has 0 amide bonds. The SMILES string of the molecule is [C-]#[N+]c1ccc2c(c1)c1ccc3c(c1n2-c1cccc(-c2cccc(-n4c5ccccc5c5ccccc54)c2)c1)-c1ccccc1C3(C)C. The van der Waals surface area contributed by atoms with Crippen molar-refractivity contribution in [3.8, 4) is 33.6 Å². The molecule has 0 saturated carbocycles. The van der Waals surface area contributed by atoms with E-state index in [0.29, 0.717) is 5.69 Å². The molecule has 2 aromatic heterocycles. The van der Waals surface area contributed by atoms with Gasteiger partial charge >= 0.3 is 0 Å². The van der Waals surface area contributed by atoms with E-state index in [1.54, 1.807) is 0 Å². The summed E-state index contributed by atoms with van der Waals surface area (Å²) in [6.07, 6.45) is 0. The van der Waals surface area contributed by atoms with Gasteiger partial charge < -0.3 is 9.13 Å². The molecule has 0 bridgehead atoms. The van der Waals surface area contributed by atoms with Gasteiger partial charge in [-0.05, 0) is 81.7 Å². The van der Waals surface area contributed by atoms with Crippen molar-refractivity contribution < 1.29 is 0 Å². The van der Waals surface area contributed by atoms with Crippen molar-refractivity contribution >= 4 is 49.3 Å². The molecule has 0 N–H and O–H groups in total. The minimum atomic E-state index is -0.113. The van der Waals surface area contributed by atoms with Crippen LogP contribution in [-0.4, -0.2) is 9.13 Å². The highest BCUT2D eigenvalue weighted by Gasteiger charge is 2.37. The van der Waals surface area contributed by atoms with E-state index in [4.69, 9.17) is 6.57 Å². The second-order valence-electron chi connectivity index (χ2n) is 13.7. The average Bonchev–Trinajstić information content (AvgIpc) is 3.75. The Morgan fingerprint density at radius 2 is 1.10 bits per heavy atom. The van der Waals surface area contributed by atoms with Gasteiger partial charge in [-0.3, -0.25) is 0 Å². The molecule has 0 aliphatic heterocycles. The van der Waals surface area contributed by atoms with Crippen LogP contribution in [0.25, 0.3) is 82.1 Å². The Morgan fingerprint density at radius 3 is 1.80 bits per heavy atom. The largest absolute Gasteiger partial charge is 0.309 e. The molecule has 3 nitrogen and oxygen atoms in total. The zero-order valence-corrected chi connectivity index (χ0v) is 27.3. The highest BCUT2D eigenvalue weighted by atomic mass is 15.0. The number of benzene rings is 7. The Morgan fingerprint density at radius 1 is 0.490 bits per heavy atom. The fraction of sp³-hybridized carbons (Fsp3) is 0.0652. The van der Waals surface area contributed by atoms with Crippen LogP contribution < -0.4 is 0 Å². The Labute approximate surface area is 284 Å². The van der Waals surface area contributed by atoms with Crippen LogP contribution in [0.5, 0.6) is 0 Å². The Kier molecular flexibility index (Phi) is 5.69. The van der Waals surface area contributed by atoms with E-state index < -0.39 is 0 Å². The maximum Gasteiger partial charge on any atom is 0.188 e. The summed E-state index contributed by atoms with van der Waals surface area (Å²) < 4.78 is 4.80. The maximum atomic E-state index is 7.77. The molecule has 2 heterocycles. The first-order chi connectivity index (χ1) is 24.0. The third-order valence-electron chi connectivity index (χ3n) is 10.7. The zero-order chi connectivity index (χ0) is 32.9. The molecule has 1 aliphatic rings. The summed E-state index contributed by atoms with van der Waals surface area (Å²) in [5.74, 6) is 0. The van der Waals surface area contributed by atoms with Gasteiger partial charge in [-0.25, -0.2) is 4.85 Å². The monoisotopic (exact) mass is 625 g/mol. The molecule has 0 unspecified atom stereocenters. The summed E-state index contributed by atoms with van der Waals surface area (Å²) in [7, 11) is 0. The van der Waals surface area contributed by atoms with E-state index in [2.05, 4.69) is 173 Å². The van der Waals surface area contributed by atoms with Crippen LogP contribution >= 0.6 is 0 Å². The third kappa shape index (κ3) is 3.83. The molecule has 3 heteroatoms. The minimum Gasteiger partial charge on any atom is -0.309 e. The van der Waals surface area contributed by atoms with Crippen LogP contribution in [0.2, 0.25) is 0 Å². The Bertz CT molecular complexity index is 2820. The maximum absolute atomic E-state index is 7.77. The fourth-order valence-corrected chi connectivity index (χ4v) is 8.47. The fourth-order valence-electron chi connectivity index (χ4n) is 8.47. The summed E-state index contributed by atoms with van der Waals surface area (Å²) in [6.45, 7) is 12.4. The number of fused-ring (bicyclic) bond motifs is 10. The van der Waals surface area contributed by atoms with Crippen molar-refractivity contribution in [3.63, 3.8) is 0 Å². The summed E-state index contributed by atoms with van der Waals surface area (Å²) in [5, 5.41) is 4.80. The molecule has 0 spiro atoms. The first-order valence-electron chi connectivity index (χ1n) is 16.8. The molecule has 1 aliphatic carbocycles. The molecule has 0 radical (unpaired) electrons. The Hall–Kier alpha value is -6.37. The number of rotatable bonds is 3. The normalized spacial score (nSPS) is 13.2. The van der Waals surface area contributed by atoms with Gasteiger partial charge in [0.2, 0.25) is 0 Å². The molecule has 49 heavy (non-hydrogen) atoms. The molecule has 7 aromatic carbocycles. The Balaban J connectivity index is 1.21. The van der Waals surface area contributed by atoms with Crippen LogP contribution in [0.4, 0.5) is 5.69 Å². The van der Waals surface area contributed by atoms with E-state index in [-0.39, 0.29) is 5.41 Å². The first kappa shape index (κ1) is 27.7. The number of hydrogen-bond donors (Lipinski definition) is 0. The molecule has 9 aromatic rings. The third-order valence-corrected chi connectivity index (χ3v) is 10.7. The van der Waals surface area contributed by atoms with Gasteiger partial charge in [0.15, 0.2) is 5.69 Å². The predicted molar refractivity (Wildman–Crippen MR) is 204 cm³/mol. The minimum absolute atomic E-state index is 0.113. The lowest BCUT2D eigenvalue weighted by atomic mass is 9.82. The van der Waals surface area contributed by atoms with Crippen molar-refractivity contribution in [1.82, 2.24) is 9.13 Å². The van der Waals surface area contributed by atoms with Crippen LogP contribution in [-0.2, 0) is 5.41 Å². The van der Waals surface area contributed by atoms with Crippen molar-refractivity contribution in [1.29, 1.82) is 0 Å². The topological polar surface area (TPSA) is 14.2 Å². The highest BCUT2D eigenvalue weighted by Crippen LogP contribution is 2.53. The molecule has 10 rings (SSSR count). The van der Waals surface area contributed by atoms with Crippen molar-refractivity contribution in [2.75, 3.05) is 0 Å². The van der Waals surface area contributed by atoms with E-state index in [9.17, 15) is 0 Å². The lowest BCUT2D eigenvalue weighted by Gasteiger charge is -2.21. The van der Waals surface area contributed by atoms with Gasteiger partial charge in [-0.1, -0.05) is 117 Å². The molecule has 0 fully saturated rings. The second-order valence-corrected chi connectivity index (χ2v) is 13.7. The standard InChI is InChI=1S/C46H31N3/c1-46(2)39-19-7-4-18-37(39)44-40(46)24-23-36-38-28-31(47-3)22-25-43(38)49(45(36)44)33-15-11-13-30(27-33)29-12-10-14-32(26-29)48-41-20-8-5-16-34(41)35-17-6-9-21-42(35)48/h4-28H,1-2H3. The highest BCUT2D eigenvalue weighted by molar-refractivity contribution is 6.16. The summed E-state index contributed by atoms with van der Waals surface area (Å²) >= 11 is 0. The quantitative estimate of drug-likeness (QED) is 0.174. The molecule has 0 saturated heterocycles. The van der Waals surface area contributed by atoms with Crippen LogP contribution in [0, 0.1) is 6.57 Å². The van der Waals surface area contributed by atoms with Gasteiger partial charge in [0.1, 0.15) is 0 Å². The van der Waals surface area contributed by atoms with Gasteiger partial charge in [-0.2, -0.15) is 0 Å². The number of nitrogens with zero attached hydrogens (tertiary/aromatic N) is 3. The molecular weight excluding hydrogens is 595 g/mol. The first-order valence-corrected chi connectivity index (χ1v) is 16.8. The number of para-hydroxylation sites is 2.